The summed E-state index contributed by atoms with van der Waals surface area (Å²) in [4.78, 5) is 35.5. The fourth-order valence-electron chi connectivity index (χ4n) is 5.97. The van der Waals surface area contributed by atoms with Crippen LogP contribution in [0, 0.1) is 19.3 Å². The number of phosphoric ester groups is 1. The molecule has 0 radical (unpaired) electrons. The first-order valence-electron chi connectivity index (χ1n) is 15.3. The third-order valence-corrected chi connectivity index (χ3v) is 9.24. The first-order valence-corrected chi connectivity index (χ1v) is 16.8. The highest BCUT2D eigenvalue weighted by atomic mass is 31.2. The number of benzene rings is 3. The molecule has 16 heteroatoms. The molecule has 4 heterocycles. The van der Waals surface area contributed by atoms with Crippen LogP contribution < -0.4 is 20.0 Å². The van der Waals surface area contributed by atoms with Crippen molar-refractivity contribution in [3.8, 4) is 46.3 Å². The summed E-state index contributed by atoms with van der Waals surface area (Å²) >= 11 is 0. The lowest BCUT2D eigenvalue weighted by atomic mass is 9.91. The lowest BCUT2D eigenvalue weighted by molar-refractivity contribution is -0.0501. The Bertz CT molecular complexity index is 2350. The summed E-state index contributed by atoms with van der Waals surface area (Å²) in [5.41, 5.74) is 3.94. The fourth-order valence-corrected chi connectivity index (χ4v) is 6.74. The number of nitrogens with zero attached hydrogens (tertiary/aromatic N) is 4. The number of ether oxygens (including phenoxy) is 2. The average Bonchev–Trinajstić information content (AvgIpc) is 3.65. The maximum absolute atomic E-state index is 13.1. The van der Waals surface area contributed by atoms with E-state index in [0.717, 1.165) is 16.7 Å². The summed E-state index contributed by atoms with van der Waals surface area (Å²) in [6.45, 7) is 1.52. The predicted octanol–water partition coefficient (Wildman–Crippen LogP) is 3.88. The van der Waals surface area contributed by atoms with E-state index in [-0.39, 0.29) is 23.3 Å². The number of nitrogens with one attached hydrogen (secondary N) is 1. The molecule has 3 aliphatic rings. The second-order valence-electron chi connectivity index (χ2n) is 11.5. The molecule has 2 aromatic carbocycles. The van der Waals surface area contributed by atoms with Gasteiger partial charge in [0.15, 0.2) is 28.6 Å². The standard InChI is InChI=1S/C34H30N5O10P/c1-4-11-35-32-29-33(37-16-36-32)39(17-38-29)34-31(42)30(41)27(48-34)15-46-50(43,44)49-21-7-10-24-26(14-21)47-25-13-19(40)5-8-23(25)28(24)22-9-6-20(45-3)12-18(22)2/h1,5-10,12-14,16-17,27,30-31,34,41-42H,11,15H2,2-3H3,(H,43,44)(H,35,36,37)/t27-,30-,31-,34-/m1/s1. The smallest absolute Gasteiger partial charge is 0.497 e. The molecule has 1 aliphatic carbocycles. The van der Waals surface area contributed by atoms with E-state index < -0.39 is 39.0 Å². The van der Waals surface area contributed by atoms with Gasteiger partial charge in [-0.25, -0.2) is 19.5 Å². The van der Waals surface area contributed by atoms with Gasteiger partial charge in [0.1, 0.15) is 47.5 Å². The van der Waals surface area contributed by atoms with E-state index in [1.807, 2.05) is 25.1 Å². The third kappa shape index (κ3) is 6.16. The number of terminal acetylenes is 1. The molecular formula is C34H30N5O10P. The zero-order valence-corrected chi connectivity index (χ0v) is 27.5. The van der Waals surface area contributed by atoms with Crippen LogP contribution in [0.25, 0.3) is 44.6 Å². The molecule has 0 saturated carbocycles. The predicted molar refractivity (Wildman–Crippen MR) is 181 cm³/mol. The highest BCUT2D eigenvalue weighted by Gasteiger charge is 2.45. The Kier molecular flexibility index (Phi) is 8.75. The highest BCUT2D eigenvalue weighted by molar-refractivity contribution is 7.47. The van der Waals surface area contributed by atoms with Crippen LogP contribution in [0.5, 0.6) is 11.5 Å². The Balaban J connectivity index is 1.11. The molecule has 2 aromatic heterocycles. The Morgan fingerprint density at radius 2 is 1.84 bits per heavy atom. The summed E-state index contributed by atoms with van der Waals surface area (Å²) in [6.07, 6.45) is 2.60. The first-order chi connectivity index (χ1) is 24.1. The van der Waals surface area contributed by atoms with Crippen molar-refractivity contribution in [1.82, 2.24) is 19.5 Å². The Morgan fingerprint density at radius 1 is 1.04 bits per heavy atom. The second-order valence-corrected chi connectivity index (χ2v) is 12.9. The zero-order valence-electron chi connectivity index (χ0n) is 26.6. The topological polar surface area (TPSA) is 201 Å². The number of rotatable bonds is 10. The number of aryl methyl sites for hydroxylation is 1. The minimum atomic E-state index is -4.81. The van der Waals surface area contributed by atoms with Gasteiger partial charge in [-0.1, -0.05) is 12.0 Å². The number of methoxy groups -OCH3 is 1. The monoisotopic (exact) mass is 699 g/mol. The minimum absolute atomic E-state index is 0.0632. The first kappa shape index (κ1) is 33.2. The van der Waals surface area contributed by atoms with Gasteiger partial charge in [0.25, 0.3) is 0 Å². The van der Waals surface area contributed by atoms with Crippen LogP contribution in [-0.2, 0) is 13.8 Å². The Morgan fingerprint density at radius 3 is 2.62 bits per heavy atom. The van der Waals surface area contributed by atoms with E-state index in [9.17, 15) is 24.5 Å². The third-order valence-electron chi connectivity index (χ3n) is 8.32. The maximum Gasteiger partial charge on any atom is 0.527 e. The largest absolute Gasteiger partial charge is 0.527 e. The number of anilines is 1. The quantitative estimate of drug-likeness (QED) is 0.0912. The number of imidazole rings is 1. The molecule has 15 nitrogen and oxygen atoms in total. The van der Waals surface area contributed by atoms with E-state index in [0.29, 0.717) is 39.4 Å². The highest BCUT2D eigenvalue weighted by Crippen LogP contribution is 2.47. The summed E-state index contributed by atoms with van der Waals surface area (Å²) in [7, 11) is -3.23. The van der Waals surface area contributed by atoms with Gasteiger partial charge in [0.2, 0.25) is 0 Å². The van der Waals surface area contributed by atoms with E-state index in [1.165, 1.54) is 41.5 Å². The molecule has 0 spiro atoms. The number of aromatic nitrogens is 4. The van der Waals surface area contributed by atoms with Crippen molar-refractivity contribution in [3.05, 3.63) is 83.0 Å². The molecular weight excluding hydrogens is 669 g/mol. The van der Waals surface area contributed by atoms with E-state index in [1.54, 1.807) is 19.2 Å². The van der Waals surface area contributed by atoms with Crippen molar-refractivity contribution < 1.29 is 42.6 Å². The summed E-state index contributed by atoms with van der Waals surface area (Å²) < 4.78 is 42.4. The van der Waals surface area contributed by atoms with E-state index >= 15 is 0 Å². The lowest BCUT2D eigenvalue weighted by Crippen LogP contribution is -2.33. The van der Waals surface area contributed by atoms with Crippen LogP contribution in [0.1, 0.15) is 11.8 Å². The molecule has 0 bridgehead atoms. The van der Waals surface area contributed by atoms with Crippen molar-refractivity contribution in [2.75, 3.05) is 25.6 Å². The summed E-state index contributed by atoms with van der Waals surface area (Å²) in [5, 5.41) is 25.1. The van der Waals surface area contributed by atoms with Gasteiger partial charge in [-0.2, -0.15) is 0 Å². The molecule has 7 rings (SSSR count). The number of hydrogen-bond donors (Lipinski definition) is 4. The maximum atomic E-state index is 13.1. The van der Waals surface area contributed by atoms with Crippen molar-refractivity contribution >= 4 is 35.8 Å². The Hall–Kier alpha value is -5.33. The summed E-state index contributed by atoms with van der Waals surface area (Å²) in [5.74, 6) is 3.75. The van der Waals surface area contributed by atoms with Gasteiger partial charge < -0.3 is 33.9 Å². The van der Waals surface area contributed by atoms with Crippen LogP contribution in [0.4, 0.5) is 5.82 Å². The van der Waals surface area contributed by atoms with Gasteiger partial charge in [-0.3, -0.25) is 18.8 Å². The molecule has 4 N–H and O–H groups in total. The van der Waals surface area contributed by atoms with Crippen LogP contribution in [0.3, 0.4) is 0 Å². The van der Waals surface area contributed by atoms with Gasteiger partial charge in [-0.05, 0) is 54.4 Å². The molecule has 256 valence electrons. The fraction of sp³-hybridized carbons (Fsp3) is 0.235. The molecule has 50 heavy (non-hydrogen) atoms. The number of aliphatic hydroxyl groups is 2. The van der Waals surface area contributed by atoms with Crippen LogP contribution in [-0.4, -0.2) is 73.2 Å². The van der Waals surface area contributed by atoms with E-state index in [4.69, 9.17) is 29.4 Å². The van der Waals surface area contributed by atoms with Crippen molar-refractivity contribution in [2.24, 2.45) is 0 Å². The molecule has 5 atom stereocenters. The minimum Gasteiger partial charge on any atom is -0.497 e. The van der Waals surface area contributed by atoms with Gasteiger partial charge in [-0.15, -0.1) is 6.42 Å². The normalized spacial score (nSPS) is 20.2. The average molecular weight is 700 g/mol. The van der Waals surface area contributed by atoms with Crippen LogP contribution in [0.15, 0.2) is 76.5 Å². The van der Waals surface area contributed by atoms with Crippen LogP contribution in [0.2, 0.25) is 0 Å². The van der Waals surface area contributed by atoms with E-state index in [2.05, 4.69) is 26.2 Å². The molecule has 1 unspecified atom stereocenters. The van der Waals surface area contributed by atoms with Crippen molar-refractivity contribution in [3.63, 3.8) is 0 Å². The SMILES string of the molecule is C#CCNc1ncnc2c1ncn2[C@@H]1O[C@H](COP(=O)(O)Oc2ccc3c(-c4ccc(OC)cc4C)c4ccc(=O)cc-4oc3c2)[C@@H](O)[C@H]1O. The zero-order chi connectivity index (χ0) is 35.2. The molecule has 1 fully saturated rings. The number of hydrogen-bond acceptors (Lipinski definition) is 13. The lowest BCUT2D eigenvalue weighted by Gasteiger charge is -2.19. The van der Waals surface area contributed by atoms with Gasteiger partial charge in [0.05, 0.1) is 26.6 Å². The Labute approximate surface area is 284 Å². The number of fused-ring (bicyclic) bond motifs is 3. The second kappa shape index (κ2) is 13.2. The van der Waals surface area contributed by atoms with Crippen molar-refractivity contribution in [2.45, 2.75) is 31.5 Å². The number of phosphoric acid groups is 1. The summed E-state index contributed by atoms with van der Waals surface area (Å²) in [6, 6.07) is 14.7. The van der Waals surface area contributed by atoms with Gasteiger partial charge in [0, 0.05) is 28.6 Å². The number of aliphatic hydroxyl groups excluding tert-OH is 2. The van der Waals surface area contributed by atoms with Crippen molar-refractivity contribution in [1.29, 1.82) is 0 Å². The van der Waals surface area contributed by atoms with Gasteiger partial charge >= 0.3 is 7.82 Å². The molecule has 2 aliphatic heterocycles. The molecule has 0 amide bonds. The molecule has 4 aromatic rings. The molecule has 1 saturated heterocycles. The van der Waals surface area contributed by atoms with Crippen LogP contribution >= 0.6 is 7.82 Å².